The first kappa shape index (κ1) is 14.2. The smallest absolute Gasteiger partial charge is 0.0682 e. The van der Waals surface area contributed by atoms with Gasteiger partial charge in [0.05, 0.1) is 6.61 Å². The molecule has 0 atom stereocenters. The summed E-state index contributed by atoms with van der Waals surface area (Å²) in [6.07, 6.45) is 0. The minimum Gasteiger partial charge on any atom is -0.392 e. The zero-order chi connectivity index (χ0) is 15.2. The van der Waals surface area contributed by atoms with Gasteiger partial charge in [-0.25, -0.2) is 0 Å². The molecule has 0 saturated heterocycles. The van der Waals surface area contributed by atoms with Crippen molar-refractivity contribution in [3.63, 3.8) is 0 Å². The first-order valence-corrected chi connectivity index (χ1v) is 7.62. The Morgan fingerprint density at radius 3 is 2.14 bits per heavy atom. The van der Waals surface area contributed by atoms with Crippen LogP contribution < -0.4 is 0 Å². The lowest BCUT2D eigenvalue weighted by Gasteiger charge is -2.19. The molecular weight excluding hydrogens is 258 g/mol. The maximum atomic E-state index is 9.41. The van der Waals surface area contributed by atoms with Crippen molar-refractivity contribution in [1.29, 1.82) is 0 Å². The molecule has 21 heavy (non-hydrogen) atoms. The van der Waals surface area contributed by atoms with Gasteiger partial charge in [0.15, 0.2) is 0 Å². The van der Waals surface area contributed by atoms with E-state index >= 15 is 0 Å². The van der Waals surface area contributed by atoms with Gasteiger partial charge in [-0.15, -0.1) is 0 Å². The van der Waals surface area contributed by atoms with Crippen molar-refractivity contribution < 1.29 is 5.11 Å². The van der Waals surface area contributed by atoms with Crippen LogP contribution in [0, 0.1) is 0 Å². The van der Waals surface area contributed by atoms with Gasteiger partial charge in [0.25, 0.3) is 0 Å². The molecule has 0 aliphatic heterocycles. The van der Waals surface area contributed by atoms with Gasteiger partial charge in [0.2, 0.25) is 0 Å². The molecule has 3 aromatic rings. The molecule has 0 amide bonds. The summed E-state index contributed by atoms with van der Waals surface area (Å²) < 4.78 is 2.35. The van der Waals surface area contributed by atoms with E-state index in [4.69, 9.17) is 0 Å². The van der Waals surface area contributed by atoms with E-state index < -0.39 is 0 Å². The average molecular weight is 281 g/mol. The van der Waals surface area contributed by atoms with Crippen molar-refractivity contribution in [3.8, 4) is 0 Å². The van der Waals surface area contributed by atoms with Gasteiger partial charge in [-0.2, -0.15) is 0 Å². The second kappa shape index (κ2) is 4.88. The zero-order valence-corrected chi connectivity index (χ0v) is 13.3. The summed E-state index contributed by atoms with van der Waals surface area (Å²) in [5.74, 6) is 0. The average Bonchev–Trinajstić information content (AvgIpc) is 2.78. The van der Waals surface area contributed by atoms with E-state index in [0.29, 0.717) is 0 Å². The predicted octanol–water partition coefficient (Wildman–Crippen LogP) is 4.60. The molecule has 0 bridgehead atoms. The first-order valence-electron chi connectivity index (χ1n) is 7.62. The summed E-state index contributed by atoms with van der Waals surface area (Å²) in [6, 6.07) is 13.0. The molecule has 0 radical (unpaired) electrons. The predicted molar refractivity (Wildman–Crippen MR) is 89.7 cm³/mol. The van der Waals surface area contributed by atoms with Crippen LogP contribution >= 0.6 is 0 Å². The highest BCUT2D eigenvalue weighted by molar-refractivity contribution is 6.08. The molecule has 0 aliphatic rings. The molecule has 1 N–H and O–H groups in total. The van der Waals surface area contributed by atoms with Crippen LogP contribution in [0.5, 0.6) is 0 Å². The van der Waals surface area contributed by atoms with Crippen molar-refractivity contribution in [3.05, 3.63) is 47.5 Å². The minimum atomic E-state index is 0.0910. The van der Waals surface area contributed by atoms with Crippen LogP contribution in [0.25, 0.3) is 21.8 Å². The van der Waals surface area contributed by atoms with E-state index in [1.165, 1.54) is 27.4 Å². The standard InChI is InChI=1S/C19H23NO/c1-5-20-17-8-6-13(12-21)10-15(17)16-11-14(19(2,3)4)7-9-18(16)20/h6-11,21H,5,12H2,1-4H3. The van der Waals surface area contributed by atoms with E-state index in [0.717, 1.165) is 12.1 Å². The minimum absolute atomic E-state index is 0.0910. The fourth-order valence-electron chi connectivity index (χ4n) is 3.06. The normalized spacial score (nSPS) is 12.4. The van der Waals surface area contributed by atoms with E-state index in [-0.39, 0.29) is 12.0 Å². The number of aromatic nitrogens is 1. The molecule has 0 aliphatic carbocycles. The number of hydrogen-bond acceptors (Lipinski definition) is 1. The van der Waals surface area contributed by atoms with Gasteiger partial charge >= 0.3 is 0 Å². The van der Waals surface area contributed by atoms with E-state index in [9.17, 15) is 5.11 Å². The summed E-state index contributed by atoms with van der Waals surface area (Å²) in [4.78, 5) is 0. The van der Waals surface area contributed by atoms with Crippen molar-refractivity contribution in [1.82, 2.24) is 4.57 Å². The number of benzene rings is 2. The maximum Gasteiger partial charge on any atom is 0.0682 e. The van der Waals surface area contributed by atoms with Crippen LogP contribution in [0.2, 0.25) is 0 Å². The molecule has 0 unspecified atom stereocenters. The Morgan fingerprint density at radius 2 is 1.57 bits per heavy atom. The molecule has 0 spiro atoms. The quantitative estimate of drug-likeness (QED) is 0.729. The largest absolute Gasteiger partial charge is 0.392 e. The van der Waals surface area contributed by atoms with Crippen molar-refractivity contribution in [2.75, 3.05) is 0 Å². The molecule has 2 heteroatoms. The molecule has 0 saturated carbocycles. The van der Waals surface area contributed by atoms with Crippen LogP contribution in [-0.4, -0.2) is 9.67 Å². The molecule has 1 heterocycles. The van der Waals surface area contributed by atoms with E-state index in [1.54, 1.807) is 0 Å². The SMILES string of the molecule is CCn1c2ccc(CO)cc2c2cc(C(C)(C)C)ccc21. The van der Waals surface area contributed by atoms with Crippen molar-refractivity contribution >= 4 is 21.8 Å². The summed E-state index contributed by atoms with van der Waals surface area (Å²) in [5, 5.41) is 11.9. The fourth-order valence-corrected chi connectivity index (χ4v) is 3.06. The van der Waals surface area contributed by atoms with Crippen LogP contribution in [0.1, 0.15) is 38.8 Å². The maximum absolute atomic E-state index is 9.41. The Morgan fingerprint density at radius 1 is 0.952 bits per heavy atom. The van der Waals surface area contributed by atoms with Crippen LogP contribution in [0.3, 0.4) is 0 Å². The number of fused-ring (bicyclic) bond motifs is 3. The second-order valence-corrected chi connectivity index (χ2v) is 6.74. The molecule has 3 rings (SSSR count). The number of aliphatic hydroxyl groups is 1. The molecule has 0 fully saturated rings. The monoisotopic (exact) mass is 281 g/mol. The molecule has 110 valence electrons. The Hall–Kier alpha value is -1.80. The molecule has 2 nitrogen and oxygen atoms in total. The summed E-state index contributed by atoms with van der Waals surface area (Å²) >= 11 is 0. The van der Waals surface area contributed by atoms with E-state index in [1.807, 2.05) is 6.07 Å². The first-order chi connectivity index (χ1) is 9.95. The summed E-state index contributed by atoms with van der Waals surface area (Å²) in [6.45, 7) is 9.95. The lowest BCUT2D eigenvalue weighted by atomic mass is 9.86. The van der Waals surface area contributed by atoms with Crippen LogP contribution in [0.15, 0.2) is 36.4 Å². The number of aryl methyl sites for hydroxylation is 1. The van der Waals surface area contributed by atoms with Gasteiger partial charge in [-0.1, -0.05) is 32.9 Å². The Balaban J connectivity index is 2.41. The van der Waals surface area contributed by atoms with Gasteiger partial charge in [-0.05, 0) is 47.7 Å². The highest BCUT2D eigenvalue weighted by Crippen LogP contribution is 2.33. The number of rotatable bonds is 2. The molecular formula is C19H23NO. The topological polar surface area (TPSA) is 25.2 Å². The van der Waals surface area contributed by atoms with E-state index in [2.05, 4.69) is 62.6 Å². The fraction of sp³-hybridized carbons (Fsp3) is 0.368. The highest BCUT2D eigenvalue weighted by atomic mass is 16.3. The van der Waals surface area contributed by atoms with Gasteiger partial charge in [0.1, 0.15) is 0 Å². The number of hydrogen-bond donors (Lipinski definition) is 1. The molecule has 2 aromatic carbocycles. The van der Waals surface area contributed by atoms with Crippen LogP contribution in [0.4, 0.5) is 0 Å². The Kier molecular flexibility index (Phi) is 3.29. The third-order valence-electron chi connectivity index (χ3n) is 4.29. The van der Waals surface area contributed by atoms with Gasteiger partial charge in [0, 0.05) is 28.4 Å². The van der Waals surface area contributed by atoms with Crippen molar-refractivity contribution in [2.45, 2.75) is 46.3 Å². The Labute approximate surface area is 126 Å². The second-order valence-electron chi connectivity index (χ2n) is 6.74. The van der Waals surface area contributed by atoms with Gasteiger partial charge in [-0.3, -0.25) is 0 Å². The zero-order valence-electron chi connectivity index (χ0n) is 13.3. The number of aliphatic hydroxyl groups excluding tert-OH is 1. The lowest BCUT2D eigenvalue weighted by Crippen LogP contribution is -2.10. The number of nitrogens with zero attached hydrogens (tertiary/aromatic N) is 1. The van der Waals surface area contributed by atoms with Crippen LogP contribution in [-0.2, 0) is 18.6 Å². The Bertz CT molecular complexity index is 806. The lowest BCUT2D eigenvalue weighted by molar-refractivity contribution is 0.282. The third-order valence-corrected chi connectivity index (χ3v) is 4.29. The molecule has 1 aromatic heterocycles. The van der Waals surface area contributed by atoms with Crippen molar-refractivity contribution in [2.24, 2.45) is 0 Å². The van der Waals surface area contributed by atoms with Gasteiger partial charge < -0.3 is 9.67 Å². The third kappa shape index (κ3) is 2.24. The summed E-state index contributed by atoms with van der Waals surface area (Å²) in [7, 11) is 0. The highest BCUT2D eigenvalue weighted by Gasteiger charge is 2.17. The summed E-state index contributed by atoms with van der Waals surface area (Å²) in [5.41, 5.74) is 4.98.